The molecule has 4 nitrogen and oxygen atoms in total. The molecule has 0 unspecified atom stereocenters. The Bertz CT molecular complexity index is 341. The fraction of sp³-hybridized carbons (Fsp3) is 0.727. The first-order valence-electron chi connectivity index (χ1n) is 5.68. The van der Waals surface area contributed by atoms with Gasteiger partial charge in [0.15, 0.2) is 0 Å². The molecule has 15 heavy (non-hydrogen) atoms. The first-order chi connectivity index (χ1) is 7.29. The van der Waals surface area contributed by atoms with Gasteiger partial charge in [-0.3, -0.25) is 4.79 Å². The number of rotatable bonds is 6. The summed E-state index contributed by atoms with van der Waals surface area (Å²) in [7, 11) is 0. The van der Waals surface area contributed by atoms with Crippen LogP contribution in [-0.2, 0) is 17.8 Å². The monoisotopic (exact) mass is 207 g/mol. The number of hydrogen-bond donors (Lipinski definition) is 0. The maximum absolute atomic E-state index is 11.6. The van der Waals surface area contributed by atoms with Crippen LogP contribution in [0.4, 0.5) is 0 Å². The molecule has 0 saturated heterocycles. The summed E-state index contributed by atoms with van der Waals surface area (Å²) in [6.45, 7) is 2.95. The molecule has 4 heteroatoms. The van der Waals surface area contributed by atoms with Gasteiger partial charge in [-0.2, -0.15) is 5.10 Å². The van der Waals surface area contributed by atoms with Crippen molar-refractivity contribution in [3.63, 3.8) is 0 Å². The minimum Gasteiger partial charge on any atom is -0.299 e. The second-order valence-corrected chi connectivity index (χ2v) is 4.26. The molecule has 0 aliphatic heterocycles. The van der Waals surface area contributed by atoms with Gasteiger partial charge >= 0.3 is 0 Å². The predicted octanol–water partition coefficient (Wildman–Crippen LogP) is 1.60. The third kappa shape index (κ3) is 2.88. The van der Waals surface area contributed by atoms with E-state index in [1.807, 2.05) is 4.68 Å². The van der Waals surface area contributed by atoms with Gasteiger partial charge in [-0.15, -0.1) is 0 Å². The molecule has 1 aromatic heterocycles. The topological polar surface area (TPSA) is 47.8 Å². The van der Waals surface area contributed by atoms with E-state index >= 15 is 0 Å². The standard InChI is InChI=1S/C11H17N3O/c1-2-5-14-11(12-8-13-14)7-10(15)6-9-3-4-9/h8-9H,2-7H2,1H3. The van der Waals surface area contributed by atoms with E-state index in [4.69, 9.17) is 0 Å². The van der Waals surface area contributed by atoms with Gasteiger partial charge in [-0.05, 0) is 25.2 Å². The first kappa shape index (κ1) is 10.3. The van der Waals surface area contributed by atoms with Crippen molar-refractivity contribution in [3.8, 4) is 0 Å². The molecule has 1 saturated carbocycles. The van der Waals surface area contributed by atoms with Crippen LogP contribution in [0.1, 0.15) is 38.4 Å². The minimum atomic E-state index is 0.308. The van der Waals surface area contributed by atoms with Crippen molar-refractivity contribution in [3.05, 3.63) is 12.2 Å². The molecule has 1 heterocycles. The molecule has 82 valence electrons. The van der Waals surface area contributed by atoms with Crippen LogP contribution < -0.4 is 0 Å². The summed E-state index contributed by atoms with van der Waals surface area (Å²) in [4.78, 5) is 15.8. The van der Waals surface area contributed by atoms with Crippen LogP contribution >= 0.6 is 0 Å². The zero-order valence-corrected chi connectivity index (χ0v) is 9.15. The predicted molar refractivity (Wildman–Crippen MR) is 56.4 cm³/mol. The largest absolute Gasteiger partial charge is 0.299 e. The van der Waals surface area contributed by atoms with E-state index in [9.17, 15) is 4.79 Å². The number of carbonyl (C=O) groups excluding carboxylic acids is 1. The summed E-state index contributed by atoms with van der Waals surface area (Å²) < 4.78 is 1.84. The van der Waals surface area contributed by atoms with Gasteiger partial charge in [0.05, 0.1) is 6.42 Å². The summed E-state index contributed by atoms with van der Waals surface area (Å²) in [6, 6.07) is 0. The van der Waals surface area contributed by atoms with E-state index < -0.39 is 0 Å². The van der Waals surface area contributed by atoms with Crippen molar-refractivity contribution in [1.82, 2.24) is 14.8 Å². The van der Waals surface area contributed by atoms with Gasteiger partial charge in [-0.1, -0.05) is 6.92 Å². The van der Waals surface area contributed by atoms with Crippen LogP contribution in [0.25, 0.3) is 0 Å². The van der Waals surface area contributed by atoms with E-state index in [0.717, 1.165) is 25.2 Å². The fourth-order valence-electron chi connectivity index (χ4n) is 1.72. The molecule has 0 bridgehead atoms. The molecular formula is C11H17N3O. The van der Waals surface area contributed by atoms with Crippen LogP contribution in [0.5, 0.6) is 0 Å². The Morgan fingerprint density at radius 2 is 2.40 bits per heavy atom. The molecular weight excluding hydrogens is 190 g/mol. The highest BCUT2D eigenvalue weighted by molar-refractivity contribution is 5.80. The lowest BCUT2D eigenvalue weighted by Gasteiger charge is -2.03. The lowest BCUT2D eigenvalue weighted by molar-refractivity contribution is -0.118. The van der Waals surface area contributed by atoms with Gasteiger partial charge < -0.3 is 0 Å². The first-order valence-corrected chi connectivity index (χ1v) is 5.68. The van der Waals surface area contributed by atoms with Crippen LogP contribution in [0.15, 0.2) is 6.33 Å². The summed E-state index contributed by atoms with van der Waals surface area (Å²) in [5.41, 5.74) is 0. The zero-order chi connectivity index (χ0) is 10.7. The van der Waals surface area contributed by atoms with Crippen LogP contribution in [0.2, 0.25) is 0 Å². The summed E-state index contributed by atoms with van der Waals surface area (Å²) >= 11 is 0. The van der Waals surface area contributed by atoms with Crippen LogP contribution in [-0.4, -0.2) is 20.5 Å². The average Bonchev–Trinajstić information content (AvgIpc) is 2.90. The summed E-state index contributed by atoms with van der Waals surface area (Å²) in [6.07, 6.45) is 6.21. The Morgan fingerprint density at radius 1 is 1.60 bits per heavy atom. The Balaban J connectivity index is 1.90. The van der Waals surface area contributed by atoms with E-state index in [0.29, 0.717) is 18.1 Å². The SMILES string of the molecule is CCCn1ncnc1CC(=O)CC1CC1. The number of Topliss-reactive ketones (excluding diaryl/α,β-unsaturated/α-hetero) is 1. The third-order valence-corrected chi connectivity index (χ3v) is 2.70. The lowest BCUT2D eigenvalue weighted by atomic mass is 10.1. The Labute approximate surface area is 89.7 Å². The molecule has 1 aromatic rings. The van der Waals surface area contributed by atoms with Crippen molar-refractivity contribution in [2.75, 3.05) is 0 Å². The minimum absolute atomic E-state index is 0.308. The Hall–Kier alpha value is -1.19. The molecule has 0 spiro atoms. The molecule has 1 aliphatic rings. The molecule has 1 fully saturated rings. The van der Waals surface area contributed by atoms with Gasteiger partial charge in [0.25, 0.3) is 0 Å². The Kier molecular flexibility index (Phi) is 3.14. The normalized spacial score (nSPS) is 15.5. The average molecular weight is 207 g/mol. The van der Waals surface area contributed by atoms with Crippen molar-refractivity contribution in [2.24, 2.45) is 5.92 Å². The molecule has 1 aliphatic carbocycles. The zero-order valence-electron chi connectivity index (χ0n) is 9.15. The summed E-state index contributed by atoms with van der Waals surface area (Å²) in [5, 5.41) is 4.11. The summed E-state index contributed by atoms with van der Waals surface area (Å²) in [5.74, 6) is 1.80. The molecule has 0 aromatic carbocycles. The maximum Gasteiger partial charge on any atom is 0.140 e. The van der Waals surface area contributed by atoms with Crippen molar-refractivity contribution in [2.45, 2.75) is 45.6 Å². The lowest BCUT2D eigenvalue weighted by Crippen LogP contribution is -2.11. The van der Waals surface area contributed by atoms with Gasteiger partial charge in [0, 0.05) is 13.0 Å². The Morgan fingerprint density at radius 3 is 3.07 bits per heavy atom. The number of ketones is 1. The van der Waals surface area contributed by atoms with Gasteiger partial charge in [0.1, 0.15) is 17.9 Å². The van der Waals surface area contributed by atoms with Crippen molar-refractivity contribution >= 4 is 5.78 Å². The number of aromatic nitrogens is 3. The highest BCUT2D eigenvalue weighted by atomic mass is 16.1. The highest BCUT2D eigenvalue weighted by Crippen LogP contribution is 2.32. The van der Waals surface area contributed by atoms with E-state index in [1.54, 1.807) is 0 Å². The maximum atomic E-state index is 11.6. The van der Waals surface area contributed by atoms with Crippen LogP contribution in [0.3, 0.4) is 0 Å². The molecule has 2 rings (SSSR count). The number of nitrogens with zero attached hydrogens (tertiary/aromatic N) is 3. The molecule has 0 atom stereocenters. The van der Waals surface area contributed by atoms with Crippen molar-refractivity contribution in [1.29, 1.82) is 0 Å². The van der Waals surface area contributed by atoms with Gasteiger partial charge in [0.2, 0.25) is 0 Å². The highest BCUT2D eigenvalue weighted by Gasteiger charge is 2.24. The molecule has 0 radical (unpaired) electrons. The number of carbonyl (C=O) groups is 1. The van der Waals surface area contributed by atoms with Crippen molar-refractivity contribution < 1.29 is 4.79 Å². The fourth-order valence-corrected chi connectivity index (χ4v) is 1.72. The molecule has 0 N–H and O–H groups in total. The van der Waals surface area contributed by atoms with E-state index in [-0.39, 0.29) is 0 Å². The smallest absolute Gasteiger partial charge is 0.140 e. The van der Waals surface area contributed by atoms with Gasteiger partial charge in [-0.25, -0.2) is 9.67 Å². The molecule has 0 amide bonds. The number of hydrogen-bond acceptors (Lipinski definition) is 3. The quantitative estimate of drug-likeness (QED) is 0.711. The second kappa shape index (κ2) is 4.55. The number of aryl methyl sites for hydroxylation is 1. The van der Waals surface area contributed by atoms with Crippen LogP contribution in [0, 0.1) is 5.92 Å². The van der Waals surface area contributed by atoms with E-state index in [1.165, 1.54) is 19.2 Å². The second-order valence-electron chi connectivity index (χ2n) is 4.26. The third-order valence-electron chi connectivity index (χ3n) is 2.70. The van der Waals surface area contributed by atoms with E-state index in [2.05, 4.69) is 17.0 Å².